The summed E-state index contributed by atoms with van der Waals surface area (Å²) in [6, 6.07) is 3.93. The molecule has 2 aromatic heterocycles. The monoisotopic (exact) mass is 302 g/mol. The molecule has 0 bridgehead atoms. The Kier molecular flexibility index (Phi) is 4.71. The Morgan fingerprint density at radius 1 is 1.18 bits per heavy atom. The predicted octanol–water partition coefficient (Wildman–Crippen LogP) is 0.141. The summed E-state index contributed by atoms with van der Waals surface area (Å²) >= 11 is 0. The molecule has 1 fully saturated rings. The zero-order valence-corrected chi connectivity index (χ0v) is 12.2. The number of anilines is 1. The third-order valence-electron chi connectivity index (χ3n) is 3.24. The largest absolute Gasteiger partial charge is 0.455 e. The topological polar surface area (TPSA) is 99.3 Å². The molecule has 1 saturated heterocycles. The third-order valence-corrected chi connectivity index (χ3v) is 3.24. The molecule has 1 aliphatic rings. The van der Waals surface area contributed by atoms with Gasteiger partial charge in [-0.2, -0.15) is 9.97 Å². The number of morpholine rings is 1. The molecule has 8 heteroatoms. The second kappa shape index (κ2) is 7.10. The van der Waals surface area contributed by atoms with E-state index >= 15 is 0 Å². The minimum Gasteiger partial charge on any atom is -0.455 e. The molecule has 0 spiro atoms. The van der Waals surface area contributed by atoms with Crippen molar-refractivity contribution in [1.82, 2.24) is 19.9 Å². The minimum atomic E-state index is 0.220. The second-order valence-electron chi connectivity index (χ2n) is 4.76. The first-order valence-corrected chi connectivity index (χ1v) is 7.14. The smallest absolute Gasteiger partial charge is 0.319 e. The summed E-state index contributed by atoms with van der Waals surface area (Å²) in [5, 5.41) is 0. The van der Waals surface area contributed by atoms with Crippen LogP contribution >= 0.6 is 0 Å². The zero-order chi connectivity index (χ0) is 15.2. The van der Waals surface area contributed by atoms with Crippen molar-refractivity contribution < 1.29 is 9.47 Å². The van der Waals surface area contributed by atoms with Crippen LogP contribution in [0.25, 0.3) is 0 Å². The quantitative estimate of drug-likeness (QED) is 0.832. The van der Waals surface area contributed by atoms with Gasteiger partial charge >= 0.3 is 6.01 Å². The molecule has 0 radical (unpaired) electrons. The molecule has 3 heterocycles. The molecule has 0 amide bonds. The molecule has 1 aliphatic heterocycles. The predicted molar refractivity (Wildman–Crippen MR) is 79.3 cm³/mol. The van der Waals surface area contributed by atoms with Crippen LogP contribution in [0.3, 0.4) is 0 Å². The first-order chi connectivity index (χ1) is 10.8. The molecule has 0 aromatic carbocycles. The fourth-order valence-electron chi connectivity index (χ4n) is 2.12. The molecule has 0 atom stereocenters. The van der Waals surface area contributed by atoms with Crippen LogP contribution in [0.15, 0.2) is 24.5 Å². The molecule has 2 N–H and O–H groups in total. The van der Waals surface area contributed by atoms with Crippen LogP contribution in [-0.4, -0.2) is 46.2 Å². The number of hydrogen-bond acceptors (Lipinski definition) is 8. The van der Waals surface area contributed by atoms with Gasteiger partial charge in [0.15, 0.2) is 12.4 Å². The molecule has 8 nitrogen and oxygen atoms in total. The summed E-state index contributed by atoms with van der Waals surface area (Å²) in [6.45, 7) is 3.52. The van der Waals surface area contributed by atoms with Crippen LogP contribution in [0.2, 0.25) is 0 Å². The van der Waals surface area contributed by atoms with Gasteiger partial charge in [0.1, 0.15) is 5.82 Å². The summed E-state index contributed by atoms with van der Waals surface area (Å²) in [4.78, 5) is 19.1. The van der Waals surface area contributed by atoms with Crippen molar-refractivity contribution in [1.29, 1.82) is 0 Å². The maximum absolute atomic E-state index is 5.71. The van der Waals surface area contributed by atoms with Crippen molar-refractivity contribution in [3.8, 4) is 6.01 Å². The van der Waals surface area contributed by atoms with Gasteiger partial charge in [0, 0.05) is 38.1 Å². The van der Waals surface area contributed by atoms with Crippen LogP contribution in [0.1, 0.15) is 11.5 Å². The van der Waals surface area contributed by atoms with E-state index in [1.54, 1.807) is 18.5 Å². The molecule has 22 heavy (non-hydrogen) atoms. The third kappa shape index (κ3) is 3.66. The Morgan fingerprint density at radius 2 is 1.95 bits per heavy atom. The molecule has 0 unspecified atom stereocenters. The van der Waals surface area contributed by atoms with Crippen LogP contribution in [-0.2, 0) is 17.9 Å². The summed E-state index contributed by atoms with van der Waals surface area (Å²) in [6.07, 6.45) is 3.34. The average Bonchev–Trinajstić information content (AvgIpc) is 2.61. The SMILES string of the molecule is NCc1cc(N2CCOCC2)nc(OCc2ncccn2)n1. The summed E-state index contributed by atoms with van der Waals surface area (Å²) < 4.78 is 11.0. The normalized spacial score (nSPS) is 14.9. The Bertz CT molecular complexity index is 604. The Balaban J connectivity index is 1.75. The highest BCUT2D eigenvalue weighted by Gasteiger charge is 2.15. The highest BCUT2D eigenvalue weighted by Crippen LogP contribution is 2.18. The lowest BCUT2D eigenvalue weighted by Gasteiger charge is -2.28. The van der Waals surface area contributed by atoms with Gasteiger partial charge in [0.05, 0.1) is 18.9 Å². The number of nitrogens with zero attached hydrogens (tertiary/aromatic N) is 5. The number of aromatic nitrogens is 4. The van der Waals surface area contributed by atoms with E-state index in [0.29, 0.717) is 25.6 Å². The molecule has 3 rings (SSSR count). The lowest BCUT2D eigenvalue weighted by atomic mass is 10.3. The van der Waals surface area contributed by atoms with Gasteiger partial charge < -0.3 is 20.1 Å². The van der Waals surface area contributed by atoms with Crippen LogP contribution in [0.5, 0.6) is 6.01 Å². The van der Waals surface area contributed by atoms with E-state index in [1.165, 1.54) is 0 Å². The van der Waals surface area contributed by atoms with Crippen molar-refractivity contribution >= 4 is 5.82 Å². The van der Waals surface area contributed by atoms with E-state index in [0.717, 1.165) is 24.6 Å². The van der Waals surface area contributed by atoms with E-state index in [9.17, 15) is 0 Å². The van der Waals surface area contributed by atoms with Gasteiger partial charge in [-0.05, 0) is 6.07 Å². The fourth-order valence-corrected chi connectivity index (χ4v) is 2.12. The average molecular weight is 302 g/mol. The van der Waals surface area contributed by atoms with Crippen molar-refractivity contribution in [2.75, 3.05) is 31.2 Å². The molecular weight excluding hydrogens is 284 g/mol. The zero-order valence-electron chi connectivity index (χ0n) is 12.2. The van der Waals surface area contributed by atoms with Gasteiger partial charge in [-0.15, -0.1) is 0 Å². The molecule has 116 valence electrons. The first kappa shape index (κ1) is 14.6. The van der Waals surface area contributed by atoms with Crippen molar-refractivity contribution in [2.45, 2.75) is 13.2 Å². The molecule has 2 aromatic rings. The maximum Gasteiger partial charge on any atom is 0.319 e. The lowest BCUT2D eigenvalue weighted by molar-refractivity contribution is 0.122. The minimum absolute atomic E-state index is 0.220. The summed E-state index contributed by atoms with van der Waals surface area (Å²) in [5.74, 6) is 1.39. The van der Waals surface area contributed by atoms with Gasteiger partial charge in [-0.3, -0.25) is 0 Å². The second-order valence-corrected chi connectivity index (χ2v) is 4.76. The summed E-state index contributed by atoms with van der Waals surface area (Å²) in [7, 11) is 0. The van der Waals surface area contributed by atoms with Gasteiger partial charge in [0.25, 0.3) is 0 Å². The Morgan fingerprint density at radius 3 is 2.68 bits per heavy atom. The van der Waals surface area contributed by atoms with Gasteiger partial charge in [-0.25, -0.2) is 9.97 Å². The number of nitrogens with two attached hydrogens (primary N) is 1. The van der Waals surface area contributed by atoms with Crippen LogP contribution in [0.4, 0.5) is 5.82 Å². The van der Waals surface area contributed by atoms with Crippen LogP contribution in [0, 0.1) is 0 Å². The molecule has 0 aliphatic carbocycles. The molecular formula is C14H18N6O2. The lowest BCUT2D eigenvalue weighted by Crippen LogP contribution is -2.37. The van der Waals surface area contributed by atoms with Gasteiger partial charge in [0.2, 0.25) is 0 Å². The highest BCUT2D eigenvalue weighted by molar-refractivity contribution is 5.41. The first-order valence-electron chi connectivity index (χ1n) is 7.14. The Labute approximate surface area is 128 Å². The number of hydrogen-bond donors (Lipinski definition) is 1. The van der Waals surface area contributed by atoms with Crippen molar-refractivity contribution in [3.05, 3.63) is 36.0 Å². The maximum atomic E-state index is 5.71. The van der Waals surface area contributed by atoms with E-state index in [2.05, 4.69) is 24.8 Å². The highest BCUT2D eigenvalue weighted by atomic mass is 16.5. The molecule has 0 saturated carbocycles. The number of ether oxygens (including phenoxy) is 2. The summed E-state index contributed by atoms with van der Waals surface area (Å²) in [5.41, 5.74) is 6.45. The Hall–Kier alpha value is -2.32. The standard InChI is InChI=1S/C14H18N6O2/c15-9-11-8-13(20-4-6-21-7-5-20)19-14(18-11)22-10-12-16-2-1-3-17-12/h1-3,8H,4-7,9-10,15H2. The number of rotatable bonds is 5. The van der Waals surface area contributed by atoms with E-state index < -0.39 is 0 Å². The van der Waals surface area contributed by atoms with Crippen molar-refractivity contribution in [3.63, 3.8) is 0 Å². The van der Waals surface area contributed by atoms with Crippen LogP contribution < -0.4 is 15.4 Å². The van der Waals surface area contributed by atoms with E-state index in [4.69, 9.17) is 15.2 Å². The van der Waals surface area contributed by atoms with Crippen molar-refractivity contribution in [2.24, 2.45) is 5.73 Å². The van der Waals surface area contributed by atoms with E-state index in [-0.39, 0.29) is 12.6 Å². The van der Waals surface area contributed by atoms with E-state index in [1.807, 2.05) is 6.07 Å². The van der Waals surface area contributed by atoms with Gasteiger partial charge in [-0.1, -0.05) is 0 Å². The fraction of sp³-hybridized carbons (Fsp3) is 0.429.